The summed E-state index contributed by atoms with van der Waals surface area (Å²) in [5, 5.41) is 2.24. The maximum absolute atomic E-state index is 12.7. The van der Waals surface area contributed by atoms with Gasteiger partial charge in [-0.2, -0.15) is 0 Å². The van der Waals surface area contributed by atoms with Crippen LogP contribution in [0.2, 0.25) is 0 Å². The second-order valence-electron chi connectivity index (χ2n) is 7.03. The van der Waals surface area contributed by atoms with Gasteiger partial charge in [0.25, 0.3) is 0 Å². The lowest BCUT2D eigenvalue weighted by atomic mass is 10.1. The molecule has 0 bridgehead atoms. The summed E-state index contributed by atoms with van der Waals surface area (Å²) < 4.78 is 16.6. The summed E-state index contributed by atoms with van der Waals surface area (Å²) in [5.41, 5.74) is 1.01. The molecule has 0 saturated carbocycles. The van der Waals surface area contributed by atoms with Gasteiger partial charge in [-0.25, -0.2) is 0 Å². The van der Waals surface area contributed by atoms with Crippen molar-refractivity contribution in [3.8, 4) is 17.2 Å². The van der Waals surface area contributed by atoms with Gasteiger partial charge >= 0.3 is 0 Å². The lowest BCUT2D eigenvalue weighted by Gasteiger charge is -2.22. The molecule has 0 saturated heterocycles. The Bertz CT molecular complexity index is 981. The quantitative estimate of drug-likeness (QED) is 0.441. The number of amides is 1. The molecule has 0 aliphatic rings. The lowest BCUT2D eigenvalue weighted by Crippen LogP contribution is -2.30. The molecule has 30 heavy (non-hydrogen) atoms. The molecule has 3 rings (SSSR count). The molecule has 0 aromatic heterocycles. The Balaban J connectivity index is 1.53. The van der Waals surface area contributed by atoms with Gasteiger partial charge < -0.3 is 19.1 Å². The van der Waals surface area contributed by atoms with E-state index in [1.54, 1.807) is 14.2 Å². The summed E-state index contributed by atoms with van der Waals surface area (Å²) in [6, 6.07) is 19.9. The Hall–Kier alpha value is -3.21. The van der Waals surface area contributed by atoms with Crippen molar-refractivity contribution in [1.29, 1.82) is 0 Å². The maximum Gasteiger partial charge on any atom is 0.222 e. The van der Waals surface area contributed by atoms with Crippen molar-refractivity contribution in [3.63, 3.8) is 0 Å². The standard InChI is InChI=1S/C25H29NO4/c1-4-26(18-19-14-15-23(28-2)24(17-19)29-3)25(27)13-8-16-30-22-12-7-10-20-9-5-6-11-21(20)22/h5-7,9-12,14-15,17H,4,8,13,16,18H2,1-3H3. The van der Waals surface area contributed by atoms with Crippen LogP contribution in [0.4, 0.5) is 0 Å². The van der Waals surface area contributed by atoms with E-state index in [-0.39, 0.29) is 5.91 Å². The molecule has 0 N–H and O–H groups in total. The monoisotopic (exact) mass is 407 g/mol. The molecular formula is C25H29NO4. The molecule has 0 aliphatic heterocycles. The normalized spacial score (nSPS) is 10.6. The third kappa shape index (κ3) is 5.23. The van der Waals surface area contributed by atoms with E-state index < -0.39 is 0 Å². The van der Waals surface area contributed by atoms with Gasteiger partial charge in [0.15, 0.2) is 11.5 Å². The minimum atomic E-state index is 0.119. The zero-order chi connectivity index (χ0) is 21.3. The van der Waals surface area contributed by atoms with Crippen molar-refractivity contribution in [1.82, 2.24) is 4.90 Å². The zero-order valence-corrected chi connectivity index (χ0v) is 17.9. The minimum absolute atomic E-state index is 0.119. The van der Waals surface area contributed by atoms with E-state index in [2.05, 4.69) is 18.2 Å². The molecule has 0 spiro atoms. The van der Waals surface area contributed by atoms with Crippen LogP contribution in [0.5, 0.6) is 17.2 Å². The first-order valence-corrected chi connectivity index (χ1v) is 10.3. The van der Waals surface area contributed by atoms with Crippen molar-refractivity contribution in [2.45, 2.75) is 26.3 Å². The van der Waals surface area contributed by atoms with Gasteiger partial charge in [-0.3, -0.25) is 4.79 Å². The molecule has 0 radical (unpaired) electrons. The number of ether oxygens (including phenoxy) is 3. The predicted molar refractivity (Wildman–Crippen MR) is 119 cm³/mol. The Labute approximate surface area is 178 Å². The molecular weight excluding hydrogens is 378 g/mol. The first-order chi connectivity index (χ1) is 14.7. The second-order valence-corrected chi connectivity index (χ2v) is 7.03. The molecule has 0 aliphatic carbocycles. The number of hydrogen-bond donors (Lipinski definition) is 0. The van der Waals surface area contributed by atoms with Gasteiger partial charge in [0.05, 0.1) is 20.8 Å². The summed E-state index contributed by atoms with van der Waals surface area (Å²) in [7, 11) is 3.22. The van der Waals surface area contributed by atoms with Crippen LogP contribution in [0.15, 0.2) is 60.7 Å². The first-order valence-electron chi connectivity index (χ1n) is 10.3. The van der Waals surface area contributed by atoms with E-state index in [4.69, 9.17) is 14.2 Å². The number of fused-ring (bicyclic) bond motifs is 1. The molecule has 0 heterocycles. The van der Waals surface area contributed by atoms with E-state index in [1.165, 1.54) is 0 Å². The average Bonchev–Trinajstić information content (AvgIpc) is 2.79. The number of carbonyl (C=O) groups excluding carboxylic acids is 1. The Kier molecular flexibility index (Phi) is 7.55. The van der Waals surface area contributed by atoms with E-state index in [0.717, 1.165) is 22.1 Å². The summed E-state index contributed by atoms with van der Waals surface area (Å²) in [6.07, 6.45) is 1.12. The van der Waals surface area contributed by atoms with E-state index >= 15 is 0 Å². The maximum atomic E-state index is 12.7. The molecule has 5 heteroatoms. The van der Waals surface area contributed by atoms with Crippen LogP contribution in [0.25, 0.3) is 10.8 Å². The fraction of sp³-hybridized carbons (Fsp3) is 0.320. The molecule has 0 fully saturated rings. The van der Waals surface area contributed by atoms with Crippen LogP contribution < -0.4 is 14.2 Å². The molecule has 1 amide bonds. The summed E-state index contributed by atoms with van der Waals surface area (Å²) in [6.45, 7) is 3.69. The van der Waals surface area contributed by atoms with Crippen LogP contribution in [-0.4, -0.2) is 38.2 Å². The summed E-state index contributed by atoms with van der Waals surface area (Å²) >= 11 is 0. The number of rotatable bonds is 10. The highest BCUT2D eigenvalue weighted by atomic mass is 16.5. The molecule has 3 aromatic rings. The van der Waals surface area contributed by atoms with Crippen molar-refractivity contribution >= 4 is 16.7 Å². The number of methoxy groups -OCH3 is 2. The number of hydrogen-bond acceptors (Lipinski definition) is 4. The zero-order valence-electron chi connectivity index (χ0n) is 17.9. The van der Waals surface area contributed by atoms with Crippen LogP contribution in [0.3, 0.4) is 0 Å². The van der Waals surface area contributed by atoms with Gasteiger partial charge in [0.1, 0.15) is 5.75 Å². The third-order valence-corrected chi connectivity index (χ3v) is 5.10. The van der Waals surface area contributed by atoms with Crippen molar-refractivity contribution < 1.29 is 19.0 Å². The molecule has 3 aromatic carbocycles. The average molecular weight is 408 g/mol. The molecule has 0 unspecified atom stereocenters. The van der Waals surface area contributed by atoms with Crippen molar-refractivity contribution in [2.75, 3.05) is 27.4 Å². The van der Waals surface area contributed by atoms with E-state index in [1.807, 2.05) is 54.3 Å². The number of nitrogens with zero attached hydrogens (tertiary/aromatic N) is 1. The lowest BCUT2D eigenvalue weighted by molar-refractivity contribution is -0.131. The van der Waals surface area contributed by atoms with E-state index in [0.29, 0.717) is 44.0 Å². The van der Waals surface area contributed by atoms with Gasteiger partial charge in [0, 0.05) is 24.9 Å². The Morgan fingerprint density at radius 3 is 2.43 bits per heavy atom. The highest BCUT2D eigenvalue weighted by molar-refractivity contribution is 5.88. The highest BCUT2D eigenvalue weighted by Gasteiger charge is 2.14. The fourth-order valence-corrected chi connectivity index (χ4v) is 3.46. The Morgan fingerprint density at radius 2 is 1.67 bits per heavy atom. The summed E-state index contributed by atoms with van der Waals surface area (Å²) in [4.78, 5) is 14.5. The largest absolute Gasteiger partial charge is 0.493 e. The minimum Gasteiger partial charge on any atom is -0.493 e. The summed E-state index contributed by atoms with van der Waals surface area (Å²) in [5.74, 6) is 2.33. The molecule has 0 atom stereocenters. The number of benzene rings is 3. The second kappa shape index (κ2) is 10.5. The third-order valence-electron chi connectivity index (χ3n) is 5.10. The smallest absolute Gasteiger partial charge is 0.222 e. The van der Waals surface area contributed by atoms with Gasteiger partial charge in [0.2, 0.25) is 5.91 Å². The SMILES string of the molecule is CCN(Cc1ccc(OC)c(OC)c1)C(=O)CCCOc1cccc2ccccc12. The van der Waals surface area contributed by atoms with Gasteiger partial charge in [-0.15, -0.1) is 0 Å². The van der Waals surface area contributed by atoms with E-state index in [9.17, 15) is 4.79 Å². The van der Waals surface area contributed by atoms with Crippen molar-refractivity contribution in [2.24, 2.45) is 0 Å². The topological polar surface area (TPSA) is 48.0 Å². The first kappa shape index (κ1) is 21.5. The van der Waals surface area contributed by atoms with Crippen LogP contribution in [-0.2, 0) is 11.3 Å². The van der Waals surface area contributed by atoms with Gasteiger partial charge in [-0.1, -0.05) is 42.5 Å². The molecule has 5 nitrogen and oxygen atoms in total. The predicted octanol–water partition coefficient (Wildman–Crippen LogP) is 5.06. The molecule has 158 valence electrons. The fourth-order valence-electron chi connectivity index (χ4n) is 3.46. The van der Waals surface area contributed by atoms with Crippen molar-refractivity contribution in [3.05, 3.63) is 66.2 Å². The van der Waals surface area contributed by atoms with Crippen LogP contribution in [0.1, 0.15) is 25.3 Å². The van der Waals surface area contributed by atoms with Crippen LogP contribution >= 0.6 is 0 Å². The Morgan fingerprint density at radius 1 is 0.900 bits per heavy atom. The highest BCUT2D eigenvalue weighted by Crippen LogP contribution is 2.28. The number of carbonyl (C=O) groups is 1. The van der Waals surface area contributed by atoms with Gasteiger partial charge in [-0.05, 0) is 42.5 Å². The van der Waals surface area contributed by atoms with Crippen LogP contribution in [0, 0.1) is 0 Å².